The highest BCUT2D eigenvalue weighted by atomic mass is 127. The van der Waals surface area contributed by atoms with Gasteiger partial charge in [-0.2, -0.15) is 0 Å². The van der Waals surface area contributed by atoms with Crippen molar-refractivity contribution in [1.82, 2.24) is 5.32 Å². The highest BCUT2D eigenvalue weighted by molar-refractivity contribution is 14.1. The minimum absolute atomic E-state index is 0.0998. The molecular formula is C12H14ClIN2OS. The number of amides is 1. The number of hydrogen-bond donors (Lipinski definition) is 2. The zero-order valence-corrected chi connectivity index (χ0v) is 13.4. The van der Waals surface area contributed by atoms with Gasteiger partial charge in [0, 0.05) is 15.1 Å². The quantitative estimate of drug-likeness (QED) is 0.441. The summed E-state index contributed by atoms with van der Waals surface area (Å²) >= 11 is 12.8. The first-order valence-corrected chi connectivity index (χ1v) is 7.38. The van der Waals surface area contributed by atoms with Crippen molar-refractivity contribution >= 4 is 57.3 Å². The second-order valence-electron chi connectivity index (χ2n) is 3.80. The highest BCUT2D eigenvalue weighted by Crippen LogP contribution is 2.17. The number of thiocarbonyl (C=S) groups is 1. The van der Waals surface area contributed by atoms with Crippen LogP contribution in [0.5, 0.6) is 0 Å². The number of rotatable bonds is 6. The molecule has 6 heteroatoms. The third-order valence-corrected chi connectivity index (χ3v) is 3.69. The third kappa shape index (κ3) is 5.49. The van der Waals surface area contributed by atoms with Crippen LogP contribution in [-0.4, -0.2) is 17.4 Å². The molecule has 1 aromatic rings. The van der Waals surface area contributed by atoms with E-state index in [4.69, 9.17) is 29.6 Å². The maximum absolute atomic E-state index is 11.9. The van der Waals surface area contributed by atoms with E-state index in [-0.39, 0.29) is 5.91 Å². The number of hydrogen-bond acceptors (Lipinski definition) is 2. The smallest absolute Gasteiger partial charge is 0.252 e. The van der Waals surface area contributed by atoms with Crippen molar-refractivity contribution in [1.29, 1.82) is 0 Å². The molecule has 0 saturated heterocycles. The molecule has 3 N–H and O–H groups in total. The van der Waals surface area contributed by atoms with Crippen LogP contribution in [0.4, 0.5) is 0 Å². The average Bonchev–Trinajstić information content (AvgIpc) is 2.31. The molecule has 0 aromatic heterocycles. The maximum Gasteiger partial charge on any atom is 0.252 e. The van der Waals surface area contributed by atoms with Crippen molar-refractivity contribution in [3.63, 3.8) is 0 Å². The van der Waals surface area contributed by atoms with Gasteiger partial charge < -0.3 is 11.1 Å². The van der Waals surface area contributed by atoms with E-state index in [1.807, 2.05) is 6.07 Å². The molecule has 0 aliphatic carbocycles. The van der Waals surface area contributed by atoms with Gasteiger partial charge in [0.05, 0.1) is 10.6 Å². The first-order valence-electron chi connectivity index (χ1n) is 5.52. The fourth-order valence-electron chi connectivity index (χ4n) is 1.39. The Labute approximate surface area is 131 Å². The fourth-order valence-corrected chi connectivity index (χ4v) is 2.29. The average molecular weight is 397 g/mol. The Bertz CT molecular complexity index is 454. The Balaban J connectivity index is 2.41. The third-order valence-electron chi connectivity index (χ3n) is 2.31. The minimum atomic E-state index is -0.0998. The van der Waals surface area contributed by atoms with Gasteiger partial charge in [-0.3, -0.25) is 4.79 Å². The van der Waals surface area contributed by atoms with Crippen LogP contribution in [0.3, 0.4) is 0 Å². The predicted octanol–water partition coefficient (Wildman–Crippen LogP) is 3.13. The highest BCUT2D eigenvalue weighted by Gasteiger charge is 2.09. The Morgan fingerprint density at radius 3 is 2.83 bits per heavy atom. The Morgan fingerprint density at radius 1 is 1.44 bits per heavy atom. The van der Waals surface area contributed by atoms with Gasteiger partial charge in [-0.05, 0) is 60.1 Å². The normalized spacial score (nSPS) is 10.1. The summed E-state index contributed by atoms with van der Waals surface area (Å²) in [7, 11) is 0. The van der Waals surface area contributed by atoms with Crippen LogP contribution in [0.25, 0.3) is 0 Å². The standard InChI is InChI=1S/C12H14ClIN2OS/c13-8-4-5-10(14)9(7-8)12(17)16-6-2-1-3-11(15)18/h4-5,7H,1-3,6H2,(H2,15,18)(H,16,17). The van der Waals surface area contributed by atoms with Gasteiger partial charge in [0.15, 0.2) is 0 Å². The molecule has 0 saturated carbocycles. The molecule has 0 atom stereocenters. The first-order chi connectivity index (χ1) is 8.50. The fraction of sp³-hybridized carbons (Fsp3) is 0.333. The molecule has 18 heavy (non-hydrogen) atoms. The molecule has 0 radical (unpaired) electrons. The number of nitrogens with one attached hydrogen (secondary N) is 1. The van der Waals surface area contributed by atoms with E-state index in [1.165, 1.54) is 0 Å². The van der Waals surface area contributed by atoms with Crippen molar-refractivity contribution in [3.05, 3.63) is 32.4 Å². The number of nitrogens with two attached hydrogens (primary N) is 1. The van der Waals surface area contributed by atoms with Gasteiger partial charge in [-0.15, -0.1) is 0 Å². The summed E-state index contributed by atoms with van der Waals surface area (Å²) in [4.78, 5) is 12.4. The minimum Gasteiger partial charge on any atom is -0.393 e. The van der Waals surface area contributed by atoms with E-state index in [9.17, 15) is 4.79 Å². The van der Waals surface area contributed by atoms with Crippen molar-refractivity contribution in [2.45, 2.75) is 19.3 Å². The van der Waals surface area contributed by atoms with E-state index in [0.717, 1.165) is 22.8 Å². The summed E-state index contributed by atoms with van der Waals surface area (Å²) in [5.74, 6) is -0.0998. The summed E-state index contributed by atoms with van der Waals surface area (Å²) in [5.41, 5.74) is 6.00. The monoisotopic (exact) mass is 396 g/mol. The van der Waals surface area contributed by atoms with Crippen molar-refractivity contribution < 1.29 is 4.79 Å². The largest absolute Gasteiger partial charge is 0.393 e. The second kappa shape index (κ2) is 7.91. The van der Waals surface area contributed by atoms with Crippen molar-refractivity contribution in [2.75, 3.05) is 6.54 Å². The predicted molar refractivity (Wildman–Crippen MR) is 87.1 cm³/mol. The molecule has 0 heterocycles. The van der Waals surface area contributed by atoms with Gasteiger partial charge in [0.25, 0.3) is 5.91 Å². The van der Waals surface area contributed by atoms with Crippen LogP contribution in [0.15, 0.2) is 18.2 Å². The zero-order chi connectivity index (χ0) is 13.5. The second-order valence-corrected chi connectivity index (χ2v) is 5.93. The lowest BCUT2D eigenvalue weighted by molar-refractivity contribution is 0.0952. The Kier molecular flexibility index (Phi) is 6.88. The molecule has 0 spiro atoms. The van der Waals surface area contributed by atoms with Crippen molar-refractivity contribution in [2.24, 2.45) is 5.73 Å². The number of benzene rings is 1. The van der Waals surface area contributed by atoms with Gasteiger partial charge in [-0.25, -0.2) is 0 Å². The van der Waals surface area contributed by atoms with E-state index in [0.29, 0.717) is 22.1 Å². The lowest BCUT2D eigenvalue weighted by Gasteiger charge is -2.07. The summed E-state index contributed by atoms with van der Waals surface area (Å²) in [5, 5.41) is 3.42. The lowest BCUT2D eigenvalue weighted by Crippen LogP contribution is -2.25. The first kappa shape index (κ1) is 15.7. The molecule has 1 aromatic carbocycles. The molecule has 0 fully saturated rings. The Morgan fingerprint density at radius 2 is 2.17 bits per heavy atom. The summed E-state index contributed by atoms with van der Waals surface area (Å²) < 4.78 is 0.887. The molecule has 1 rings (SSSR count). The van der Waals surface area contributed by atoms with Crippen LogP contribution < -0.4 is 11.1 Å². The van der Waals surface area contributed by atoms with Crippen LogP contribution >= 0.6 is 46.4 Å². The molecule has 0 aliphatic heterocycles. The molecule has 0 bridgehead atoms. The molecular weight excluding hydrogens is 383 g/mol. The SMILES string of the molecule is NC(=S)CCCCNC(=O)c1cc(Cl)ccc1I. The number of unbranched alkanes of at least 4 members (excludes halogenated alkanes) is 1. The van der Waals surface area contributed by atoms with Crippen LogP contribution in [0.2, 0.25) is 5.02 Å². The lowest BCUT2D eigenvalue weighted by atomic mass is 10.2. The van der Waals surface area contributed by atoms with Crippen LogP contribution in [0.1, 0.15) is 29.6 Å². The molecule has 0 unspecified atom stereocenters. The summed E-state index contributed by atoms with van der Waals surface area (Å²) in [6.45, 7) is 0.615. The van der Waals surface area contributed by atoms with Gasteiger partial charge in [-0.1, -0.05) is 23.8 Å². The van der Waals surface area contributed by atoms with Gasteiger partial charge in [0.2, 0.25) is 0 Å². The number of carbonyl (C=O) groups excluding carboxylic acids is 1. The van der Waals surface area contributed by atoms with E-state index >= 15 is 0 Å². The van der Waals surface area contributed by atoms with Crippen LogP contribution in [-0.2, 0) is 0 Å². The maximum atomic E-state index is 11.9. The van der Waals surface area contributed by atoms with E-state index < -0.39 is 0 Å². The molecule has 0 aliphatic rings. The van der Waals surface area contributed by atoms with Crippen LogP contribution in [0, 0.1) is 3.57 Å². The van der Waals surface area contributed by atoms with E-state index in [2.05, 4.69) is 27.9 Å². The number of carbonyl (C=O) groups is 1. The van der Waals surface area contributed by atoms with Gasteiger partial charge >= 0.3 is 0 Å². The zero-order valence-electron chi connectivity index (χ0n) is 9.71. The molecule has 1 amide bonds. The summed E-state index contributed by atoms with van der Waals surface area (Å²) in [6.07, 6.45) is 2.47. The molecule has 3 nitrogen and oxygen atoms in total. The summed E-state index contributed by atoms with van der Waals surface area (Å²) in [6, 6.07) is 5.26. The van der Waals surface area contributed by atoms with Gasteiger partial charge in [0.1, 0.15) is 0 Å². The topological polar surface area (TPSA) is 55.1 Å². The Hall–Kier alpha value is -0.400. The van der Waals surface area contributed by atoms with E-state index in [1.54, 1.807) is 12.1 Å². The van der Waals surface area contributed by atoms with Crippen molar-refractivity contribution in [3.8, 4) is 0 Å². The number of halogens is 2. The molecule has 98 valence electrons.